The second-order valence-corrected chi connectivity index (χ2v) is 14.9. The Hall–Kier alpha value is -1.18. The van der Waals surface area contributed by atoms with Crippen molar-refractivity contribution in [1.82, 2.24) is 21.3 Å². The largest absolute Gasteiger partial charge is 1.00 e. The first-order valence-electron chi connectivity index (χ1n) is 21.6. The van der Waals surface area contributed by atoms with Gasteiger partial charge in [-0.05, 0) is 64.2 Å². The Morgan fingerprint density at radius 2 is 0.643 bits per heavy atom. The van der Waals surface area contributed by atoms with Crippen LogP contribution in [0.15, 0.2) is 0 Å². The van der Waals surface area contributed by atoms with Crippen molar-refractivity contribution >= 4 is 35.6 Å². The van der Waals surface area contributed by atoms with E-state index in [1.807, 2.05) is 0 Å². The summed E-state index contributed by atoms with van der Waals surface area (Å²) in [4.78, 5) is 71.9. The van der Waals surface area contributed by atoms with Gasteiger partial charge in [0.25, 0.3) is 0 Å². The van der Waals surface area contributed by atoms with Crippen LogP contribution in [0, 0.1) is 0 Å². The number of amides is 4. The molecule has 0 aliphatic rings. The van der Waals surface area contributed by atoms with Crippen LogP contribution in [0.3, 0.4) is 0 Å². The molecule has 0 bridgehead atoms. The van der Waals surface area contributed by atoms with Crippen molar-refractivity contribution in [2.45, 2.75) is 219 Å². The Kier molecular flexibility index (Phi) is 45.8. The summed E-state index contributed by atoms with van der Waals surface area (Å²) in [5.41, 5.74) is 0. The zero-order chi connectivity index (χ0) is 40.1. The summed E-state index contributed by atoms with van der Waals surface area (Å²) >= 11 is 0. The van der Waals surface area contributed by atoms with Crippen LogP contribution in [0.5, 0.6) is 0 Å². The third-order valence-corrected chi connectivity index (χ3v) is 9.80. The number of rotatable bonds is 39. The van der Waals surface area contributed by atoms with Gasteiger partial charge in [0.1, 0.15) is 0 Å². The van der Waals surface area contributed by atoms with Crippen molar-refractivity contribution in [2.24, 2.45) is 0 Å². The van der Waals surface area contributed by atoms with Crippen LogP contribution in [0.2, 0.25) is 0 Å². The van der Waals surface area contributed by atoms with Gasteiger partial charge >= 0.3 is 59.1 Å². The van der Waals surface area contributed by atoms with Gasteiger partial charge in [0.15, 0.2) is 0 Å². The first-order chi connectivity index (χ1) is 26.1. The second-order valence-electron chi connectivity index (χ2n) is 14.9. The van der Waals surface area contributed by atoms with Crippen LogP contribution in [0.4, 0.5) is 0 Å². The summed E-state index contributed by atoms with van der Waals surface area (Å²) in [6, 6.07) is -2.29. The van der Waals surface area contributed by atoms with E-state index in [1.165, 1.54) is 77.0 Å². The topological polar surface area (TPSA) is 197 Å². The van der Waals surface area contributed by atoms with Crippen molar-refractivity contribution in [3.63, 3.8) is 0 Å². The molecule has 0 aliphatic heterocycles. The molecule has 0 fully saturated rings. The molecule has 0 aliphatic carbocycles. The standard InChI is InChI=1S/C42H78N4O8.2Na/c1-3-5-7-9-11-13-15-17-19-29-37(47)43-33-25-23-27-35(41(51)52)45-39(49)31-21-22-32-40(50)46-36(42(53)54)28-24-26-34-44-38(48)30-20-18-16-14-12-10-8-6-4-2;;/h35-36H,3-34H2,1-2H3,(H,43,47)(H,44,48)(H,45,49)(H,46,50)(H,51,52)(H,53,54);;/q;2*+1/p-2/t35-,36-;;/m1../s1. The maximum absolute atomic E-state index is 12.3. The van der Waals surface area contributed by atoms with E-state index in [0.29, 0.717) is 64.5 Å². The van der Waals surface area contributed by atoms with Gasteiger partial charge in [0.2, 0.25) is 23.6 Å². The average Bonchev–Trinajstić information content (AvgIpc) is 3.13. The van der Waals surface area contributed by atoms with Gasteiger partial charge in [-0.2, -0.15) is 0 Å². The van der Waals surface area contributed by atoms with E-state index >= 15 is 0 Å². The number of carboxylic acid groups (broad SMARTS) is 2. The fourth-order valence-electron chi connectivity index (χ4n) is 6.37. The molecule has 12 nitrogen and oxygen atoms in total. The van der Waals surface area contributed by atoms with Gasteiger partial charge < -0.3 is 41.1 Å². The zero-order valence-electron chi connectivity index (χ0n) is 36.0. The Morgan fingerprint density at radius 1 is 0.375 bits per heavy atom. The third kappa shape index (κ3) is 39.6. The van der Waals surface area contributed by atoms with Gasteiger partial charge in [-0.25, -0.2) is 0 Å². The molecule has 0 heterocycles. The van der Waals surface area contributed by atoms with Crippen LogP contribution < -0.4 is 90.6 Å². The molecule has 0 saturated carbocycles. The molecule has 56 heavy (non-hydrogen) atoms. The summed E-state index contributed by atoms with van der Waals surface area (Å²) in [5, 5.41) is 33.8. The molecule has 0 aromatic heterocycles. The normalized spacial score (nSPS) is 11.7. The van der Waals surface area contributed by atoms with Crippen molar-refractivity contribution in [3.05, 3.63) is 0 Å². The van der Waals surface area contributed by atoms with E-state index in [9.17, 15) is 39.0 Å². The number of hydrogen-bond acceptors (Lipinski definition) is 8. The van der Waals surface area contributed by atoms with Crippen molar-refractivity contribution in [2.75, 3.05) is 13.1 Å². The molecule has 0 saturated heterocycles. The van der Waals surface area contributed by atoms with Crippen LogP contribution in [-0.2, 0) is 28.8 Å². The molecule has 2 atom stereocenters. The number of carbonyl (C=O) groups is 6. The Balaban J connectivity index is -0.0000140. The Bertz CT molecular complexity index is 943. The van der Waals surface area contributed by atoms with Gasteiger partial charge in [-0.15, -0.1) is 0 Å². The molecule has 4 N–H and O–H groups in total. The predicted molar refractivity (Wildman–Crippen MR) is 210 cm³/mol. The SMILES string of the molecule is CCCCCCCCCCCC(=O)NCCCC[C@@H](NC(=O)CCCCC(=O)N[C@H](CCCCNC(=O)CCCCCCCCCCC)C(=O)[O-])C(=O)[O-].[Na+].[Na+]. The van der Waals surface area contributed by atoms with E-state index in [1.54, 1.807) is 0 Å². The molecule has 0 aromatic rings. The Morgan fingerprint density at radius 3 is 0.946 bits per heavy atom. The van der Waals surface area contributed by atoms with Gasteiger partial charge in [0.05, 0.1) is 24.0 Å². The molecule has 0 spiro atoms. The summed E-state index contributed by atoms with van der Waals surface area (Å²) in [7, 11) is 0. The smallest absolute Gasteiger partial charge is 0.548 e. The molecule has 0 aromatic carbocycles. The number of hydrogen-bond donors (Lipinski definition) is 4. The van der Waals surface area contributed by atoms with Crippen molar-refractivity contribution in [1.29, 1.82) is 0 Å². The van der Waals surface area contributed by atoms with Crippen molar-refractivity contribution in [3.8, 4) is 0 Å². The third-order valence-electron chi connectivity index (χ3n) is 9.80. The minimum absolute atomic E-state index is 0. The minimum atomic E-state index is -1.37. The molecule has 14 heteroatoms. The molecular formula is C42H76N4Na2O8. The van der Waals surface area contributed by atoms with Crippen LogP contribution in [0.25, 0.3) is 0 Å². The summed E-state index contributed by atoms with van der Waals surface area (Å²) in [6.07, 6.45) is 25.6. The fourth-order valence-corrected chi connectivity index (χ4v) is 6.37. The Labute approximate surface area is 383 Å². The monoisotopic (exact) mass is 811 g/mol. The molecular weight excluding hydrogens is 734 g/mol. The van der Waals surface area contributed by atoms with Gasteiger partial charge in [0, 0.05) is 38.8 Å². The summed E-state index contributed by atoms with van der Waals surface area (Å²) in [5.74, 6) is -3.67. The van der Waals surface area contributed by atoms with Gasteiger partial charge in [-0.1, -0.05) is 117 Å². The molecule has 314 valence electrons. The van der Waals surface area contributed by atoms with E-state index < -0.39 is 35.8 Å². The van der Waals surface area contributed by atoms with Gasteiger partial charge in [-0.3, -0.25) is 19.2 Å². The van der Waals surface area contributed by atoms with Crippen LogP contribution in [-0.4, -0.2) is 60.7 Å². The zero-order valence-corrected chi connectivity index (χ0v) is 40.0. The molecule has 4 amide bonds. The summed E-state index contributed by atoms with van der Waals surface area (Å²) < 4.78 is 0. The quantitative estimate of drug-likeness (QED) is 0.0469. The summed E-state index contributed by atoms with van der Waals surface area (Å²) in [6.45, 7) is 5.31. The van der Waals surface area contributed by atoms with E-state index in [4.69, 9.17) is 0 Å². The van der Waals surface area contributed by atoms with E-state index in [2.05, 4.69) is 35.1 Å². The van der Waals surface area contributed by atoms with Crippen LogP contribution in [0.1, 0.15) is 206 Å². The maximum Gasteiger partial charge on any atom is 1.00 e. The maximum atomic E-state index is 12.3. The number of aliphatic carboxylic acids is 2. The number of unbranched alkanes of at least 4 members (excludes halogenated alkanes) is 19. The average molecular weight is 811 g/mol. The predicted octanol–water partition coefficient (Wildman–Crippen LogP) is -0.561. The van der Waals surface area contributed by atoms with E-state index in [-0.39, 0.29) is 96.6 Å². The van der Waals surface area contributed by atoms with Crippen molar-refractivity contribution < 1.29 is 98.1 Å². The van der Waals surface area contributed by atoms with Crippen LogP contribution >= 0.6 is 0 Å². The molecule has 0 unspecified atom stereocenters. The fraction of sp³-hybridized carbons (Fsp3) is 0.857. The van der Waals surface area contributed by atoms with E-state index in [0.717, 1.165) is 38.5 Å². The number of carboxylic acids is 2. The molecule has 0 rings (SSSR count). The number of nitrogens with one attached hydrogen (secondary N) is 4. The molecule has 0 radical (unpaired) electrons. The minimum Gasteiger partial charge on any atom is -0.548 e. The first kappa shape index (κ1) is 59.1. The first-order valence-corrected chi connectivity index (χ1v) is 21.6. The second kappa shape index (κ2) is 43.4. The number of carbonyl (C=O) groups excluding carboxylic acids is 6.